The molecule has 0 atom stereocenters. The molecule has 0 fully saturated rings. The Morgan fingerprint density at radius 3 is 1.83 bits per heavy atom. The fourth-order valence-corrected chi connectivity index (χ4v) is 3.74. The van der Waals surface area contributed by atoms with Crippen molar-refractivity contribution in [2.24, 2.45) is 0 Å². The summed E-state index contributed by atoms with van der Waals surface area (Å²) in [7, 11) is 0. The lowest BCUT2D eigenvalue weighted by Gasteiger charge is -2.03. The Morgan fingerprint density at radius 1 is 0.833 bits per heavy atom. The Balaban J connectivity index is 1.77. The van der Waals surface area contributed by atoms with Crippen LogP contribution < -0.4 is 5.56 Å². The highest BCUT2D eigenvalue weighted by molar-refractivity contribution is 7.99. The first-order chi connectivity index (χ1) is 11.8. The van der Waals surface area contributed by atoms with Gasteiger partial charge in [-0.05, 0) is 6.42 Å². The van der Waals surface area contributed by atoms with Crippen LogP contribution in [0.1, 0.15) is 96.8 Å². The molecular weight excluding hydrogens is 316 g/mol. The maximum atomic E-state index is 11.1. The van der Waals surface area contributed by atoms with E-state index in [1.54, 1.807) is 18.0 Å². The van der Waals surface area contributed by atoms with Crippen LogP contribution in [0.15, 0.2) is 22.2 Å². The number of hydrogen-bond acceptors (Lipinski definition) is 3. The molecule has 3 nitrogen and oxygen atoms in total. The summed E-state index contributed by atoms with van der Waals surface area (Å²) in [6, 6.07) is 1.45. The predicted octanol–water partition coefficient (Wildman–Crippen LogP) is 6.34. The zero-order valence-corrected chi connectivity index (χ0v) is 16.3. The first-order valence-electron chi connectivity index (χ1n) is 10.0. The largest absolute Gasteiger partial charge is 0.301 e. The van der Waals surface area contributed by atoms with Crippen LogP contribution in [-0.4, -0.2) is 15.7 Å². The van der Waals surface area contributed by atoms with Crippen LogP contribution in [-0.2, 0) is 0 Å². The van der Waals surface area contributed by atoms with Crippen LogP contribution in [0.25, 0.3) is 0 Å². The fourth-order valence-electron chi connectivity index (χ4n) is 2.89. The standard InChI is InChI=1S/C20H36N2OS/c1-2-3-4-5-6-7-8-9-10-11-12-13-14-15-18-24-20-21-17-16-19(23)22-20/h16-17H,2-15,18H2,1H3,(H,21,22,23). The molecule has 0 amide bonds. The molecule has 0 aromatic carbocycles. The van der Waals surface area contributed by atoms with Crippen molar-refractivity contribution < 1.29 is 0 Å². The van der Waals surface area contributed by atoms with Gasteiger partial charge in [-0.25, -0.2) is 4.98 Å². The Labute approximate surface area is 152 Å². The van der Waals surface area contributed by atoms with E-state index in [2.05, 4.69) is 16.9 Å². The number of aromatic nitrogens is 2. The molecule has 0 bridgehead atoms. The lowest BCUT2D eigenvalue weighted by Crippen LogP contribution is -2.05. The van der Waals surface area contributed by atoms with Gasteiger partial charge in [-0.1, -0.05) is 102 Å². The Bertz CT molecular complexity index is 447. The monoisotopic (exact) mass is 352 g/mol. The summed E-state index contributed by atoms with van der Waals surface area (Å²) in [5.74, 6) is 1.05. The molecule has 0 saturated carbocycles. The Morgan fingerprint density at radius 2 is 1.33 bits per heavy atom. The van der Waals surface area contributed by atoms with Crippen molar-refractivity contribution >= 4 is 11.8 Å². The van der Waals surface area contributed by atoms with Crippen molar-refractivity contribution in [3.05, 3.63) is 22.6 Å². The van der Waals surface area contributed by atoms with Crippen molar-refractivity contribution in [2.45, 2.75) is 102 Å². The van der Waals surface area contributed by atoms with Gasteiger partial charge in [0.05, 0.1) is 0 Å². The highest BCUT2D eigenvalue weighted by Crippen LogP contribution is 2.15. The summed E-state index contributed by atoms with van der Waals surface area (Å²) in [5, 5.41) is 0.747. The van der Waals surface area contributed by atoms with E-state index in [0.717, 1.165) is 10.9 Å². The maximum absolute atomic E-state index is 11.1. The first-order valence-corrected chi connectivity index (χ1v) is 11.0. The minimum absolute atomic E-state index is 0.0616. The fraction of sp³-hybridized carbons (Fsp3) is 0.800. The molecule has 0 unspecified atom stereocenters. The molecule has 1 N–H and O–H groups in total. The number of hydrogen-bond donors (Lipinski definition) is 1. The zero-order chi connectivity index (χ0) is 17.3. The van der Waals surface area contributed by atoms with Crippen LogP contribution in [0, 0.1) is 0 Å². The molecule has 0 aliphatic heterocycles. The van der Waals surface area contributed by atoms with E-state index in [-0.39, 0.29) is 5.56 Å². The van der Waals surface area contributed by atoms with Crippen molar-refractivity contribution in [3.63, 3.8) is 0 Å². The van der Waals surface area contributed by atoms with E-state index in [4.69, 9.17) is 0 Å². The molecule has 0 radical (unpaired) electrons. The van der Waals surface area contributed by atoms with Gasteiger partial charge in [-0.3, -0.25) is 4.79 Å². The van der Waals surface area contributed by atoms with Gasteiger partial charge in [-0.15, -0.1) is 0 Å². The van der Waals surface area contributed by atoms with Crippen LogP contribution in [0.3, 0.4) is 0 Å². The van der Waals surface area contributed by atoms with E-state index >= 15 is 0 Å². The Hall–Kier alpha value is -0.770. The smallest absolute Gasteiger partial charge is 0.251 e. The average molecular weight is 353 g/mol. The molecule has 0 saturated heterocycles. The lowest BCUT2D eigenvalue weighted by molar-refractivity contribution is 0.538. The van der Waals surface area contributed by atoms with Crippen molar-refractivity contribution in [1.29, 1.82) is 0 Å². The van der Waals surface area contributed by atoms with Crippen LogP contribution in [0.4, 0.5) is 0 Å². The van der Waals surface area contributed by atoms with E-state index < -0.39 is 0 Å². The SMILES string of the molecule is CCCCCCCCCCCCCCCCSc1nccc(=O)[nH]1. The molecule has 1 aromatic heterocycles. The quantitative estimate of drug-likeness (QED) is 0.214. The number of nitrogens with zero attached hydrogens (tertiary/aromatic N) is 1. The van der Waals surface area contributed by atoms with Gasteiger partial charge in [0.1, 0.15) is 0 Å². The third kappa shape index (κ3) is 12.6. The number of nitrogens with one attached hydrogen (secondary N) is 1. The molecule has 138 valence electrons. The van der Waals surface area contributed by atoms with Crippen LogP contribution in [0.2, 0.25) is 0 Å². The summed E-state index contributed by atoms with van der Waals surface area (Å²) < 4.78 is 0. The Kier molecular flexibility index (Phi) is 14.0. The molecule has 24 heavy (non-hydrogen) atoms. The minimum atomic E-state index is -0.0616. The van der Waals surface area contributed by atoms with Crippen LogP contribution >= 0.6 is 11.8 Å². The van der Waals surface area contributed by atoms with E-state index in [9.17, 15) is 4.79 Å². The molecular formula is C20H36N2OS. The molecule has 4 heteroatoms. The average Bonchev–Trinajstić information content (AvgIpc) is 2.58. The summed E-state index contributed by atoms with van der Waals surface area (Å²) in [5.41, 5.74) is -0.0616. The molecule has 0 aliphatic carbocycles. The van der Waals surface area contributed by atoms with Crippen molar-refractivity contribution in [3.8, 4) is 0 Å². The highest BCUT2D eigenvalue weighted by atomic mass is 32.2. The van der Waals surface area contributed by atoms with Crippen molar-refractivity contribution in [2.75, 3.05) is 5.75 Å². The zero-order valence-electron chi connectivity index (χ0n) is 15.5. The normalized spacial score (nSPS) is 11.0. The van der Waals surface area contributed by atoms with Gasteiger partial charge < -0.3 is 4.98 Å². The molecule has 0 aliphatic rings. The van der Waals surface area contributed by atoms with Gasteiger partial charge >= 0.3 is 0 Å². The van der Waals surface area contributed by atoms with Crippen molar-refractivity contribution in [1.82, 2.24) is 9.97 Å². The van der Waals surface area contributed by atoms with Gasteiger partial charge in [0.2, 0.25) is 0 Å². The summed E-state index contributed by atoms with van der Waals surface area (Å²) in [6.45, 7) is 2.28. The molecule has 1 heterocycles. The van der Waals surface area contributed by atoms with Crippen LogP contribution in [0.5, 0.6) is 0 Å². The lowest BCUT2D eigenvalue weighted by atomic mass is 10.0. The third-order valence-corrected chi connectivity index (χ3v) is 5.36. The van der Waals surface area contributed by atoms with Gasteiger partial charge in [0.15, 0.2) is 5.16 Å². The second-order valence-corrected chi connectivity index (χ2v) is 7.77. The van der Waals surface area contributed by atoms with Gasteiger partial charge in [-0.2, -0.15) is 0 Å². The number of aromatic amines is 1. The number of unbranched alkanes of at least 4 members (excludes halogenated alkanes) is 13. The highest BCUT2D eigenvalue weighted by Gasteiger charge is 1.97. The number of H-pyrrole nitrogens is 1. The van der Waals surface area contributed by atoms with E-state index in [1.807, 2.05) is 0 Å². The van der Waals surface area contributed by atoms with Gasteiger partial charge in [0.25, 0.3) is 5.56 Å². The number of thioether (sulfide) groups is 1. The molecule has 1 rings (SSSR count). The predicted molar refractivity (Wildman–Crippen MR) is 106 cm³/mol. The molecule has 0 spiro atoms. The number of rotatable bonds is 16. The second-order valence-electron chi connectivity index (χ2n) is 6.68. The molecule has 1 aromatic rings. The first kappa shape index (κ1) is 21.3. The minimum Gasteiger partial charge on any atom is -0.301 e. The summed E-state index contributed by atoms with van der Waals surface area (Å²) >= 11 is 1.65. The second kappa shape index (κ2) is 15.7. The summed E-state index contributed by atoms with van der Waals surface area (Å²) in [4.78, 5) is 18.0. The topological polar surface area (TPSA) is 45.8 Å². The van der Waals surface area contributed by atoms with E-state index in [0.29, 0.717) is 0 Å². The summed E-state index contributed by atoms with van der Waals surface area (Å²) in [6.07, 6.45) is 21.0. The van der Waals surface area contributed by atoms with Gasteiger partial charge in [0, 0.05) is 18.0 Å². The maximum Gasteiger partial charge on any atom is 0.251 e. The third-order valence-electron chi connectivity index (χ3n) is 4.38. The van der Waals surface area contributed by atoms with E-state index in [1.165, 1.54) is 96.0 Å².